The molecule has 31 heavy (non-hydrogen) atoms. The molecule has 1 aliphatic heterocycles. The maximum atomic E-state index is 12.0. The van der Waals surface area contributed by atoms with Crippen LogP contribution in [0.15, 0.2) is 17.1 Å². The van der Waals surface area contributed by atoms with Crippen LogP contribution in [0.3, 0.4) is 0 Å². The molecule has 1 fully saturated rings. The highest BCUT2D eigenvalue weighted by Gasteiger charge is 2.34. The monoisotopic (exact) mass is 550 g/mol. The number of hydrogen-bond donors (Lipinski definition) is 2. The van der Waals surface area contributed by atoms with Gasteiger partial charge in [0.2, 0.25) is 5.75 Å². The molecule has 2 rings (SSSR count). The van der Waals surface area contributed by atoms with Crippen molar-refractivity contribution >= 4 is 36.0 Å². The highest BCUT2D eigenvalue weighted by molar-refractivity contribution is 14.0. The minimum absolute atomic E-state index is 0. The smallest absolute Gasteiger partial charge is 0.410 e. The van der Waals surface area contributed by atoms with E-state index in [9.17, 15) is 4.79 Å². The number of guanidine groups is 1. The summed E-state index contributed by atoms with van der Waals surface area (Å²) in [6.45, 7) is 7.39. The molecule has 1 aromatic rings. The van der Waals surface area contributed by atoms with Crippen LogP contribution in [-0.4, -0.2) is 76.6 Å². The molecule has 0 saturated carbocycles. The van der Waals surface area contributed by atoms with Crippen LogP contribution >= 0.6 is 24.0 Å². The van der Waals surface area contributed by atoms with Gasteiger partial charge in [0.25, 0.3) is 0 Å². The second kappa shape index (κ2) is 12.1. The van der Waals surface area contributed by atoms with Gasteiger partial charge in [0.1, 0.15) is 5.60 Å². The Morgan fingerprint density at radius 3 is 2.29 bits per heavy atom. The summed E-state index contributed by atoms with van der Waals surface area (Å²) in [5.41, 5.74) is 0.510. The number of carbonyl (C=O) groups is 1. The van der Waals surface area contributed by atoms with E-state index in [0.717, 1.165) is 5.56 Å². The highest BCUT2D eigenvalue weighted by atomic mass is 127. The molecule has 2 N–H and O–H groups in total. The lowest BCUT2D eigenvalue weighted by atomic mass is 10.1. The van der Waals surface area contributed by atoms with Gasteiger partial charge in [-0.1, -0.05) is 6.07 Å². The number of rotatable bonds is 7. The summed E-state index contributed by atoms with van der Waals surface area (Å²) in [4.78, 5) is 18.0. The van der Waals surface area contributed by atoms with E-state index in [1.165, 1.54) is 0 Å². The highest BCUT2D eigenvalue weighted by Crippen LogP contribution is 2.39. The quantitative estimate of drug-likeness (QED) is 0.307. The Balaban J connectivity index is 0.00000480. The summed E-state index contributed by atoms with van der Waals surface area (Å²) < 4.78 is 21.7. The predicted octanol–water partition coefficient (Wildman–Crippen LogP) is 2.66. The van der Waals surface area contributed by atoms with E-state index in [1.54, 1.807) is 33.3 Å². The Morgan fingerprint density at radius 2 is 1.77 bits per heavy atom. The number of hydrogen-bond acceptors (Lipinski definition) is 6. The van der Waals surface area contributed by atoms with Crippen LogP contribution in [0.4, 0.5) is 4.79 Å². The Labute approximate surface area is 201 Å². The summed E-state index contributed by atoms with van der Waals surface area (Å²) in [7, 11) is 6.52. The minimum Gasteiger partial charge on any atom is -0.493 e. The van der Waals surface area contributed by atoms with Gasteiger partial charge in [-0.3, -0.25) is 4.99 Å². The first-order valence-corrected chi connectivity index (χ1v) is 9.95. The number of amides is 1. The van der Waals surface area contributed by atoms with Crippen LogP contribution in [0.5, 0.6) is 17.2 Å². The van der Waals surface area contributed by atoms with Gasteiger partial charge in [-0.15, -0.1) is 24.0 Å². The fourth-order valence-corrected chi connectivity index (χ4v) is 3.11. The lowest BCUT2D eigenvalue weighted by Gasteiger charge is -2.40. The molecule has 0 spiro atoms. The van der Waals surface area contributed by atoms with Crippen LogP contribution in [0.2, 0.25) is 0 Å². The first kappa shape index (κ1) is 26.9. The third kappa shape index (κ3) is 7.51. The second-order valence-electron chi connectivity index (χ2n) is 7.97. The van der Waals surface area contributed by atoms with Gasteiger partial charge in [0.15, 0.2) is 17.5 Å². The van der Waals surface area contributed by atoms with Crippen molar-refractivity contribution in [3.8, 4) is 17.2 Å². The SMILES string of the molecule is CN=C(NCCc1ccc(OC)c(OC)c1OC)NC1CN(C(=O)OC(C)(C)C)C1.I. The van der Waals surface area contributed by atoms with Crippen molar-refractivity contribution in [2.24, 2.45) is 4.99 Å². The van der Waals surface area contributed by atoms with Crippen LogP contribution in [0, 0.1) is 0 Å². The average molecular weight is 550 g/mol. The van der Waals surface area contributed by atoms with Gasteiger partial charge in [-0.05, 0) is 33.3 Å². The lowest BCUT2D eigenvalue weighted by Crippen LogP contribution is -2.63. The summed E-state index contributed by atoms with van der Waals surface area (Å²) >= 11 is 0. The Bertz CT molecular complexity index is 761. The molecule has 1 aliphatic rings. The molecular weight excluding hydrogens is 515 g/mol. The number of carbonyl (C=O) groups excluding carboxylic acids is 1. The summed E-state index contributed by atoms with van der Waals surface area (Å²) in [6.07, 6.45) is 0.419. The van der Waals surface area contributed by atoms with Gasteiger partial charge >= 0.3 is 6.09 Å². The van der Waals surface area contributed by atoms with Crippen molar-refractivity contribution in [3.63, 3.8) is 0 Å². The fourth-order valence-electron chi connectivity index (χ4n) is 3.11. The number of nitrogens with one attached hydrogen (secondary N) is 2. The Kier molecular flexibility index (Phi) is 10.5. The van der Waals surface area contributed by atoms with E-state index in [-0.39, 0.29) is 36.1 Å². The fraction of sp³-hybridized carbons (Fsp3) is 0.619. The maximum absolute atomic E-state index is 12.0. The van der Waals surface area contributed by atoms with Gasteiger partial charge in [0.05, 0.1) is 27.4 Å². The topological polar surface area (TPSA) is 93.7 Å². The van der Waals surface area contributed by atoms with Crippen molar-refractivity contribution in [3.05, 3.63) is 17.7 Å². The molecule has 0 aromatic heterocycles. The van der Waals surface area contributed by atoms with E-state index in [2.05, 4.69) is 15.6 Å². The van der Waals surface area contributed by atoms with Gasteiger partial charge in [-0.25, -0.2) is 4.79 Å². The van der Waals surface area contributed by atoms with Crippen LogP contribution in [0.25, 0.3) is 0 Å². The van der Waals surface area contributed by atoms with E-state index in [1.807, 2.05) is 32.9 Å². The number of nitrogens with zero attached hydrogens (tertiary/aromatic N) is 2. The molecule has 0 radical (unpaired) electrons. The van der Waals surface area contributed by atoms with E-state index in [0.29, 0.717) is 49.3 Å². The Hall–Kier alpha value is -2.11. The largest absolute Gasteiger partial charge is 0.493 e. The number of aliphatic imine (C=N–C) groups is 1. The first-order valence-electron chi connectivity index (χ1n) is 9.95. The number of methoxy groups -OCH3 is 3. The zero-order valence-corrected chi connectivity index (χ0v) is 21.7. The standard InChI is InChI=1S/C21H34N4O5.HI/c1-21(2,3)30-20(26)25-12-15(13-25)24-19(22-4)23-11-10-14-8-9-16(27-5)18(29-7)17(14)28-6;/h8-9,15H,10-13H2,1-7H3,(H2,22,23,24);1H. The number of likely N-dealkylation sites (tertiary alicyclic amines) is 1. The first-order chi connectivity index (χ1) is 14.2. The summed E-state index contributed by atoms with van der Waals surface area (Å²) in [5, 5.41) is 6.61. The van der Waals surface area contributed by atoms with Crippen molar-refractivity contribution in [2.75, 3.05) is 48.0 Å². The minimum atomic E-state index is -0.488. The molecular formula is C21H35IN4O5. The van der Waals surface area contributed by atoms with Crippen molar-refractivity contribution in [2.45, 2.75) is 38.8 Å². The van der Waals surface area contributed by atoms with Gasteiger partial charge in [0, 0.05) is 32.2 Å². The third-order valence-corrected chi connectivity index (χ3v) is 4.57. The predicted molar refractivity (Wildman–Crippen MR) is 131 cm³/mol. The summed E-state index contributed by atoms with van der Waals surface area (Å²) in [6, 6.07) is 3.96. The van der Waals surface area contributed by atoms with Crippen LogP contribution in [-0.2, 0) is 11.2 Å². The third-order valence-electron chi connectivity index (χ3n) is 4.57. The molecule has 9 nitrogen and oxygen atoms in total. The molecule has 0 aliphatic carbocycles. The molecule has 10 heteroatoms. The molecule has 0 atom stereocenters. The van der Waals surface area contributed by atoms with Crippen LogP contribution in [0.1, 0.15) is 26.3 Å². The zero-order valence-electron chi connectivity index (χ0n) is 19.4. The molecule has 1 aromatic carbocycles. The van der Waals surface area contributed by atoms with Crippen molar-refractivity contribution in [1.29, 1.82) is 0 Å². The van der Waals surface area contributed by atoms with E-state index < -0.39 is 5.60 Å². The molecule has 176 valence electrons. The zero-order chi connectivity index (χ0) is 22.3. The molecule has 0 bridgehead atoms. The Morgan fingerprint density at radius 1 is 1.13 bits per heavy atom. The maximum Gasteiger partial charge on any atom is 0.410 e. The van der Waals surface area contributed by atoms with Crippen molar-refractivity contribution in [1.82, 2.24) is 15.5 Å². The number of benzene rings is 1. The van der Waals surface area contributed by atoms with E-state index >= 15 is 0 Å². The average Bonchev–Trinajstić information content (AvgIpc) is 2.66. The molecule has 1 heterocycles. The molecule has 0 unspecified atom stereocenters. The van der Waals surface area contributed by atoms with Gasteiger partial charge in [-0.2, -0.15) is 0 Å². The number of halogens is 1. The van der Waals surface area contributed by atoms with Crippen molar-refractivity contribution < 1.29 is 23.7 Å². The molecule has 1 amide bonds. The normalized spacial score (nSPS) is 14.2. The molecule has 1 saturated heterocycles. The van der Waals surface area contributed by atoms with Gasteiger partial charge < -0.3 is 34.5 Å². The number of ether oxygens (including phenoxy) is 4. The summed E-state index contributed by atoms with van der Waals surface area (Å²) in [5.74, 6) is 2.55. The van der Waals surface area contributed by atoms with E-state index in [4.69, 9.17) is 18.9 Å². The second-order valence-corrected chi connectivity index (χ2v) is 7.97. The van der Waals surface area contributed by atoms with Crippen LogP contribution < -0.4 is 24.8 Å². The lowest BCUT2D eigenvalue weighted by molar-refractivity contribution is 0.00701.